The van der Waals surface area contributed by atoms with Crippen LogP contribution in [0.1, 0.15) is 27.7 Å². The van der Waals surface area contributed by atoms with Gasteiger partial charge in [-0.3, -0.25) is 9.59 Å². The lowest BCUT2D eigenvalue weighted by Crippen LogP contribution is -2.21. The van der Waals surface area contributed by atoms with E-state index in [1.165, 1.54) is 15.9 Å². The van der Waals surface area contributed by atoms with Gasteiger partial charge in [0, 0.05) is 36.6 Å². The molecule has 0 atom stereocenters. The fraction of sp³-hybridized carbons (Fsp3) is 0.200. The number of nitrogens with one attached hydrogen (secondary N) is 1. The van der Waals surface area contributed by atoms with Crippen LogP contribution in [0, 0.1) is 13.8 Å². The molecule has 0 aliphatic carbocycles. The number of hydrogen-bond acceptors (Lipinski definition) is 5. The van der Waals surface area contributed by atoms with Crippen LogP contribution in [0.2, 0.25) is 0 Å². The van der Waals surface area contributed by atoms with Crippen molar-refractivity contribution in [2.24, 2.45) is 7.05 Å². The summed E-state index contributed by atoms with van der Waals surface area (Å²) in [5.74, 6) is 1.22. The fourth-order valence-corrected chi connectivity index (χ4v) is 4.81. The van der Waals surface area contributed by atoms with E-state index in [0.29, 0.717) is 28.2 Å². The number of thiophene rings is 1. The molecule has 0 aliphatic heterocycles. The molecule has 2 aromatic carbocycles. The van der Waals surface area contributed by atoms with Crippen molar-refractivity contribution in [3.63, 3.8) is 0 Å². The predicted molar refractivity (Wildman–Crippen MR) is 131 cm³/mol. The Morgan fingerprint density at radius 1 is 1.12 bits per heavy atom. The zero-order valence-electron chi connectivity index (χ0n) is 18.5. The zero-order chi connectivity index (χ0) is 23.0. The molecule has 0 aliphatic rings. The molecule has 7 heteroatoms. The lowest BCUT2D eigenvalue weighted by Gasteiger charge is -2.16. The number of aromatic nitrogens is 1. The van der Waals surface area contributed by atoms with Gasteiger partial charge in [0.1, 0.15) is 11.5 Å². The molecule has 32 heavy (non-hydrogen) atoms. The first kappa shape index (κ1) is 21.6. The topological polar surface area (TPSA) is 86.4 Å². The van der Waals surface area contributed by atoms with Crippen molar-refractivity contribution in [3.05, 3.63) is 75.0 Å². The minimum atomic E-state index is -0.193. The molecule has 1 amide bonds. The Kier molecular flexibility index (Phi) is 5.76. The van der Waals surface area contributed by atoms with Crippen LogP contribution in [0.25, 0.3) is 21.2 Å². The minimum Gasteiger partial charge on any atom is -0.456 e. The summed E-state index contributed by atoms with van der Waals surface area (Å²) < 4.78 is 8.63. The summed E-state index contributed by atoms with van der Waals surface area (Å²) in [7, 11) is 1.70. The summed E-state index contributed by atoms with van der Waals surface area (Å²) in [6.07, 6.45) is 1.77. The van der Waals surface area contributed by atoms with Gasteiger partial charge in [-0.1, -0.05) is 18.2 Å². The number of amides is 1. The Hall–Kier alpha value is -3.58. The smallest absolute Gasteiger partial charge is 0.261 e. The van der Waals surface area contributed by atoms with Crippen molar-refractivity contribution >= 4 is 33.0 Å². The highest BCUT2D eigenvalue weighted by atomic mass is 32.1. The molecule has 0 radical (unpaired) electrons. The van der Waals surface area contributed by atoms with E-state index >= 15 is 0 Å². The number of nitrogen functional groups attached to an aromatic ring is 1. The van der Waals surface area contributed by atoms with Crippen LogP contribution in [0.5, 0.6) is 11.5 Å². The normalized spacial score (nSPS) is 11.0. The van der Waals surface area contributed by atoms with Gasteiger partial charge >= 0.3 is 0 Å². The summed E-state index contributed by atoms with van der Waals surface area (Å²) in [6, 6.07) is 13.1. The SMILES string of the molecule is CCNC(=O)c1cc2c(=O)n(C)cc(-c3cc(N)ccc3Oc3c(C)cccc3C)c2s1. The van der Waals surface area contributed by atoms with Crippen LogP contribution >= 0.6 is 11.3 Å². The van der Waals surface area contributed by atoms with Gasteiger partial charge in [0.2, 0.25) is 0 Å². The average Bonchev–Trinajstić information content (AvgIpc) is 3.20. The number of nitrogens with zero attached hydrogens (tertiary/aromatic N) is 1. The zero-order valence-corrected chi connectivity index (χ0v) is 19.3. The first-order valence-electron chi connectivity index (χ1n) is 10.4. The van der Waals surface area contributed by atoms with Crippen LogP contribution in [0.15, 0.2) is 53.5 Å². The third-order valence-electron chi connectivity index (χ3n) is 5.33. The Balaban J connectivity index is 1.95. The second kappa shape index (κ2) is 8.51. The second-order valence-electron chi connectivity index (χ2n) is 7.75. The third-order valence-corrected chi connectivity index (χ3v) is 6.49. The standard InChI is InChI=1S/C25H25N3O3S/c1-5-27-24(29)21-12-18-23(32-21)19(13-28(4)25(18)30)17-11-16(26)9-10-20(17)31-22-14(2)7-6-8-15(22)3/h6-13H,5,26H2,1-4H3,(H,27,29). The van der Waals surface area contributed by atoms with Crippen LogP contribution in [-0.2, 0) is 7.05 Å². The van der Waals surface area contributed by atoms with Crippen LogP contribution in [0.4, 0.5) is 5.69 Å². The summed E-state index contributed by atoms with van der Waals surface area (Å²) in [5.41, 5.74) is 10.2. The van der Waals surface area contributed by atoms with Crippen molar-refractivity contribution in [3.8, 4) is 22.6 Å². The van der Waals surface area contributed by atoms with Gasteiger partial charge < -0.3 is 20.4 Å². The summed E-state index contributed by atoms with van der Waals surface area (Å²) in [5, 5.41) is 3.30. The van der Waals surface area contributed by atoms with Gasteiger partial charge in [0.15, 0.2) is 0 Å². The number of para-hydroxylation sites is 1. The molecule has 0 spiro atoms. The van der Waals surface area contributed by atoms with Gasteiger partial charge in [-0.15, -0.1) is 11.3 Å². The minimum absolute atomic E-state index is 0.156. The van der Waals surface area contributed by atoms with E-state index in [0.717, 1.165) is 32.7 Å². The number of hydrogen-bond donors (Lipinski definition) is 2. The predicted octanol–water partition coefficient (Wildman–Crippen LogP) is 5.01. The molecule has 4 rings (SSSR count). The number of pyridine rings is 1. The van der Waals surface area contributed by atoms with E-state index in [2.05, 4.69) is 5.32 Å². The molecule has 0 fully saturated rings. The Morgan fingerprint density at radius 3 is 2.53 bits per heavy atom. The molecule has 0 bridgehead atoms. The largest absolute Gasteiger partial charge is 0.456 e. The number of nitrogens with two attached hydrogens (primary N) is 1. The van der Waals surface area contributed by atoms with Gasteiger partial charge in [0.05, 0.1) is 15.0 Å². The Morgan fingerprint density at radius 2 is 1.84 bits per heavy atom. The van der Waals surface area contributed by atoms with Crippen molar-refractivity contribution in [2.45, 2.75) is 20.8 Å². The first-order chi connectivity index (χ1) is 15.3. The maximum absolute atomic E-state index is 12.8. The average molecular weight is 448 g/mol. The highest BCUT2D eigenvalue weighted by Gasteiger charge is 2.20. The van der Waals surface area contributed by atoms with Gasteiger partial charge in [-0.05, 0) is 56.2 Å². The molecule has 0 unspecified atom stereocenters. The van der Waals surface area contributed by atoms with Gasteiger partial charge in [-0.2, -0.15) is 0 Å². The number of anilines is 1. The molecule has 0 saturated heterocycles. The highest BCUT2D eigenvalue weighted by Crippen LogP contribution is 2.41. The van der Waals surface area contributed by atoms with E-state index in [4.69, 9.17) is 10.5 Å². The van der Waals surface area contributed by atoms with E-state index in [-0.39, 0.29) is 11.5 Å². The lowest BCUT2D eigenvalue weighted by molar-refractivity contribution is 0.0960. The Bertz CT molecular complexity index is 1380. The lowest BCUT2D eigenvalue weighted by atomic mass is 10.0. The first-order valence-corrected chi connectivity index (χ1v) is 11.2. The molecule has 0 saturated carbocycles. The number of ether oxygens (including phenoxy) is 1. The van der Waals surface area contributed by atoms with E-state index < -0.39 is 0 Å². The third kappa shape index (κ3) is 3.87. The van der Waals surface area contributed by atoms with E-state index in [1.807, 2.05) is 51.1 Å². The van der Waals surface area contributed by atoms with Crippen molar-refractivity contribution in [1.29, 1.82) is 0 Å². The molecule has 2 aromatic heterocycles. The maximum Gasteiger partial charge on any atom is 0.261 e. The van der Waals surface area contributed by atoms with Crippen LogP contribution in [-0.4, -0.2) is 17.0 Å². The quantitative estimate of drug-likeness (QED) is 0.421. The maximum atomic E-state index is 12.8. The van der Waals surface area contributed by atoms with Crippen molar-refractivity contribution < 1.29 is 9.53 Å². The fourth-order valence-electron chi connectivity index (χ4n) is 3.72. The monoisotopic (exact) mass is 447 g/mol. The molecule has 164 valence electrons. The number of carbonyl (C=O) groups is 1. The van der Waals surface area contributed by atoms with Gasteiger partial charge in [-0.25, -0.2) is 0 Å². The van der Waals surface area contributed by atoms with Gasteiger partial charge in [0.25, 0.3) is 11.5 Å². The second-order valence-corrected chi connectivity index (χ2v) is 8.80. The Labute approximate surface area is 190 Å². The van der Waals surface area contributed by atoms with Crippen molar-refractivity contribution in [2.75, 3.05) is 12.3 Å². The van der Waals surface area contributed by atoms with Crippen LogP contribution < -0.4 is 21.3 Å². The molecule has 2 heterocycles. The summed E-state index contributed by atoms with van der Waals surface area (Å²) in [4.78, 5) is 25.8. The van der Waals surface area contributed by atoms with Crippen LogP contribution in [0.3, 0.4) is 0 Å². The number of fused-ring (bicyclic) bond motifs is 1. The van der Waals surface area contributed by atoms with E-state index in [1.54, 1.807) is 25.4 Å². The molecule has 4 aromatic rings. The van der Waals surface area contributed by atoms with E-state index in [9.17, 15) is 9.59 Å². The number of carbonyl (C=O) groups excluding carboxylic acids is 1. The number of rotatable bonds is 5. The summed E-state index contributed by atoms with van der Waals surface area (Å²) in [6.45, 7) is 6.38. The molecule has 3 N–H and O–H groups in total. The number of benzene rings is 2. The molecular weight excluding hydrogens is 422 g/mol. The molecule has 6 nitrogen and oxygen atoms in total. The highest BCUT2D eigenvalue weighted by molar-refractivity contribution is 7.21. The van der Waals surface area contributed by atoms with Crippen molar-refractivity contribution in [1.82, 2.24) is 9.88 Å². The number of aryl methyl sites for hydroxylation is 3. The molecular formula is C25H25N3O3S. The summed E-state index contributed by atoms with van der Waals surface area (Å²) >= 11 is 1.30.